The summed E-state index contributed by atoms with van der Waals surface area (Å²) in [6, 6.07) is 9.60. The van der Waals surface area contributed by atoms with E-state index < -0.39 is 33.5 Å². The second kappa shape index (κ2) is 11.5. The maximum atomic E-state index is 13.2. The average molecular weight is 547 g/mol. The van der Waals surface area contributed by atoms with Crippen molar-refractivity contribution in [2.24, 2.45) is 0 Å². The third kappa shape index (κ3) is 5.12. The molecule has 1 N–H and O–H groups in total. The number of ether oxygens (including phenoxy) is 4. The number of aliphatic hydroxyl groups is 1. The van der Waals surface area contributed by atoms with Crippen molar-refractivity contribution in [1.29, 1.82) is 0 Å². The van der Waals surface area contributed by atoms with Gasteiger partial charge in [0.1, 0.15) is 5.76 Å². The van der Waals surface area contributed by atoms with Crippen LogP contribution in [0.25, 0.3) is 5.76 Å². The normalized spacial score (nSPS) is 20.1. The highest BCUT2D eigenvalue weighted by molar-refractivity contribution is 7.89. The summed E-state index contributed by atoms with van der Waals surface area (Å²) < 4.78 is 48.3. The van der Waals surface area contributed by atoms with Crippen molar-refractivity contribution in [3.63, 3.8) is 0 Å². The van der Waals surface area contributed by atoms with E-state index in [0.29, 0.717) is 30.3 Å². The first kappa shape index (κ1) is 27.6. The Labute approximate surface area is 221 Å². The van der Waals surface area contributed by atoms with Crippen LogP contribution in [0.2, 0.25) is 0 Å². The van der Waals surface area contributed by atoms with Gasteiger partial charge in [0.2, 0.25) is 10.0 Å². The molecule has 0 spiro atoms. The predicted molar refractivity (Wildman–Crippen MR) is 136 cm³/mol. The third-order valence-corrected chi connectivity index (χ3v) is 8.45. The number of nitrogens with zero attached hydrogens (tertiary/aromatic N) is 2. The van der Waals surface area contributed by atoms with Crippen molar-refractivity contribution in [3.8, 4) is 11.5 Å². The first-order chi connectivity index (χ1) is 18.2. The van der Waals surface area contributed by atoms with Crippen LogP contribution in [0.1, 0.15) is 17.2 Å². The molecule has 12 heteroatoms. The van der Waals surface area contributed by atoms with Gasteiger partial charge in [-0.2, -0.15) is 4.31 Å². The maximum Gasteiger partial charge on any atom is 0.295 e. The molecule has 1 atom stereocenters. The number of sulfonamides is 1. The van der Waals surface area contributed by atoms with Gasteiger partial charge in [-0.15, -0.1) is 0 Å². The molecule has 0 unspecified atom stereocenters. The van der Waals surface area contributed by atoms with Gasteiger partial charge < -0.3 is 29.0 Å². The Hall–Kier alpha value is -3.45. The Morgan fingerprint density at radius 3 is 2.26 bits per heavy atom. The number of carbonyl (C=O) groups is 2. The number of likely N-dealkylation sites (tertiary alicyclic amines) is 1. The highest BCUT2D eigenvalue weighted by atomic mass is 32.2. The molecule has 4 rings (SSSR count). The molecule has 204 valence electrons. The predicted octanol–water partition coefficient (Wildman–Crippen LogP) is 1.79. The van der Waals surface area contributed by atoms with Crippen molar-refractivity contribution < 1.29 is 42.1 Å². The van der Waals surface area contributed by atoms with Gasteiger partial charge in [-0.1, -0.05) is 6.07 Å². The number of carbonyl (C=O) groups excluding carboxylic acids is 2. The molecule has 0 bridgehead atoms. The fourth-order valence-corrected chi connectivity index (χ4v) is 5.95. The van der Waals surface area contributed by atoms with Gasteiger partial charge in [0.15, 0.2) is 11.5 Å². The Morgan fingerprint density at radius 1 is 1.00 bits per heavy atom. The fraction of sp³-hybridized carbons (Fsp3) is 0.385. The van der Waals surface area contributed by atoms with Crippen molar-refractivity contribution in [1.82, 2.24) is 9.21 Å². The van der Waals surface area contributed by atoms with Crippen LogP contribution in [-0.4, -0.2) is 95.2 Å². The van der Waals surface area contributed by atoms with E-state index in [-0.39, 0.29) is 42.3 Å². The van der Waals surface area contributed by atoms with Crippen LogP contribution in [-0.2, 0) is 29.1 Å². The number of Topliss-reactive ketones (excluding diaryl/α,β-unsaturated/α-hetero) is 1. The molecule has 2 heterocycles. The van der Waals surface area contributed by atoms with Crippen LogP contribution in [0.5, 0.6) is 11.5 Å². The molecule has 1 amide bonds. The summed E-state index contributed by atoms with van der Waals surface area (Å²) >= 11 is 0. The molecular formula is C26H30N2O9S. The Morgan fingerprint density at radius 2 is 1.66 bits per heavy atom. The van der Waals surface area contributed by atoms with E-state index in [1.54, 1.807) is 18.2 Å². The number of ketones is 1. The Balaban J connectivity index is 1.77. The number of aliphatic hydroxyl groups excluding tert-OH is 1. The van der Waals surface area contributed by atoms with Crippen molar-refractivity contribution in [2.75, 3.05) is 60.8 Å². The number of benzene rings is 2. The summed E-state index contributed by atoms with van der Waals surface area (Å²) in [5.74, 6) is -1.21. The quantitative estimate of drug-likeness (QED) is 0.284. The highest BCUT2D eigenvalue weighted by Gasteiger charge is 2.46. The largest absolute Gasteiger partial charge is 0.507 e. The number of methoxy groups -OCH3 is 3. The fourth-order valence-electron chi connectivity index (χ4n) is 4.55. The van der Waals surface area contributed by atoms with Crippen molar-refractivity contribution in [2.45, 2.75) is 10.9 Å². The second-order valence-corrected chi connectivity index (χ2v) is 10.6. The number of amides is 1. The zero-order chi connectivity index (χ0) is 27.4. The summed E-state index contributed by atoms with van der Waals surface area (Å²) in [7, 11) is 0.697. The average Bonchev–Trinajstić information content (AvgIpc) is 3.20. The highest BCUT2D eigenvalue weighted by Crippen LogP contribution is 2.42. The van der Waals surface area contributed by atoms with Crippen LogP contribution < -0.4 is 9.47 Å². The summed E-state index contributed by atoms with van der Waals surface area (Å²) in [5.41, 5.74) is 0.592. The molecule has 2 saturated heterocycles. The van der Waals surface area contributed by atoms with Gasteiger partial charge >= 0.3 is 0 Å². The molecular weight excluding hydrogens is 516 g/mol. The van der Waals surface area contributed by atoms with Gasteiger partial charge in [-0.3, -0.25) is 9.59 Å². The zero-order valence-corrected chi connectivity index (χ0v) is 22.2. The molecule has 0 saturated carbocycles. The van der Waals surface area contributed by atoms with Gasteiger partial charge in [0.25, 0.3) is 11.7 Å². The van der Waals surface area contributed by atoms with Crippen LogP contribution >= 0.6 is 0 Å². The lowest BCUT2D eigenvalue weighted by Crippen LogP contribution is -2.40. The van der Waals surface area contributed by atoms with Gasteiger partial charge in [0.05, 0.1) is 50.6 Å². The van der Waals surface area contributed by atoms with Crippen LogP contribution in [0.15, 0.2) is 52.9 Å². The van der Waals surface area contributed by atoms with Crippen molar-refractivity contribution >= 4 is 27.5 Å². The summed E-state index contributed by atoms with van der Waals surface area (Å²) in [6.45, 7) is 1.41. The minimum Gasteiger partial charge on any atom is -0.507 e. The standard InChI is InChI=1S/C26H30N2O9S/c1-34-13-12-28-23(18-6-9-20(35-2)21(16-18)36-3)22(25(30)26(28)31)24(29)17-4-7-19(8-5-17)38(32,33)27-10-14-37-15-11-27/h4-9,16,23,29H,10-15H2,1-3H3/t23-/m1/s1. The van der Waals surface area contributed by atoms with Gasteiger partial charge in [0, 0.05) is 32.3 Å². The number of rotatable bonds is 9. The lowest BCUT2D eigenvalue weighted by Gasteiger charge is -2.26. The van der Waals surface area contributed by atoms with E-state index >= 15 is 0 Å². The maximum absolute atomic E-state index is 13.2. The van der Waals surface area contributed by atoms with E-state index in [0.717, 1.165) is 0 Å². The molecule has 2 fully saturated rings. The van der Waals surface area contributed by atoms with Crippen LogP contribution in [0, 0.1) is 0 Å². The number of hydrogen-bond acceptors (Lipinski definition) is 9. The second-order valence-electron chi connectivity index (χ2n) is 8.64. The summed E-state index contributed by atoms with van der Waals surface area (Å²) in [6.07, 6.45) is 0. The number of morpholine rings is 1. The van der Waals surface area contributed by atoms with Crippen LogP contribution in [0.3, 0.4) is 0 Å². The monoisotopic (exact) mass is 546 g/mol. The minimum absolute atomic E-state index is 0.0490. The van der Waals surface area contributed by atoms with E-state index in [1.165, 1.54) is 54.8 Å². The molecule has 2 aliphatic rings. The molecule has 0 radical (unpaired) electrons. The molecule has 2 aromatic rings. The first-order valence-corrected chi connectivity index (χ1v) is 13.4. The smallest absolute Gasteiger partial charge is 0.295 e. The minimum atomic E-state index is -3.74. The Bertz CT molecular complexity index is 1330. The molecule has 0 aromatic heterocycles. The molecule has 11 nitrogen and oxygen atoms in total. The molecule has 2 aromatic carbocycles. The summed E-state index contributed by atoms with van der Waals surface area (Å²) in [5, 5.41) is 11.3. The molecule has 38 heavy (non-hydrogen) atoms. The molecule has 0 aliphatic carbocycles. The third-order valence-electron chi connectivity index (χ3n) is 6.54. The topological polar surface area (TPSA) is 132 Å². The Kier molecular flexibility index (Phi) is 8.36. The van der Waals surface area contributed by atoms with E-state index in [4.69, 9.17) is 18.9 Å². The van der Waals surface area contributed by atoms with Crippen molar-refractivity contribution in [3.05, 3.63) is 59.2 Å². The SMILES string of the molecule is COCCN1C(=O)C(=O)C(=C(O)c2ccc(S(=O)(=O)N3CCOCC3)cc2)[C@H]1c1ccc(OC)c(OC)c1. The van der Waals surface area contributed by atoms with Gasteiger partial charge in [-0.05, 0) is 42.0 Å². The molecule has 2 aliphatic heterocycles. The first-order valence-electron chi connectivity index (χ1n) is 11.9. The van der Waals surface area contributed by atoms with Gasteiger partial charge in [-0.25, -0.2) is 8.42 Å². The lowest BCUT2D eigenvalue weighted by atomic mass is 9.95. The number of hydrogen-bond donors (Lipinski definition) is 1. The van der Waals surface area contributed by atoms with E-state index in [1.807, 2.05) is 0 Å². The van der Waals surface area contributed by atoms with E-state index in [9.17, 15) is 23.1 Å². The van der Waals surface area contributed by atoms with Crippen LogP contribution in [0.4, 0.5) is 0 Å². The summed E-state index contributed by atoms with van der Waals surface area (Å²) in [4.78, 5) is 27.5. The zero-order valence-electron chi connectivity index (χ0n) is 21.4. The lowest BCUT2D eigenvalue weighted by molar-refractivity contribution is -0.140. The van der Waals surface area contributed by atoms with E-state index in [2.05, 4.69) is 0 Å².